The minimum absolute atomic E-state index is 0.254. The van der Waals surface area contributed by atoms with E-state index in [4.69, 9.17) is 0 Å². The van der Waals surface area contributed by atoms with E-state index in [1.807, 2.05) is 24.5 Å². The Hall–Kier alpha value is -6.44. The number of likely N-dealkylation sites (tertiary alicyclic amines) is 2. The van der Waals surface area contributed by atoms with Crippen LogP contribution in [-0.4, -0.2) is 77.0 Å². The number of H-pyrrole nitrogens is 2. The molecule has 0 spiro atoms. The van der Waals surface area contributed by atoms with Crippen LogP contribution in [0.15, 0.2) is 97.3 Å². The molecule has 4 heterocycles. The number of nitrogens with one attached hydrogen (secondary N) is 4. The Balaban J connectivity index is 0.912. The molecule has 0 aliphatic carbocycles. The molecular formula is C42H46N8O6. The quantitative estimate of drug-likeness (QED) is 0.0787. The summed E-state index contributed by atoms with van der Waals surface area (Å²) < 4.78 is 0. The number of nitrogens with zero attached hydrogens (tertiary/aromatic N) is 4. The molecular weight excluding hydrogens is 713 g/mol. The first-order valence-electron chi connectivity index (χ1n) is 19.1. The molecule has 3 aromatic carbocycles. The van der Waals surface area contributed by atoms with E-state index in [2.05, 4.69) is 54.8 Å². The highest BCUT2D eigenvalue weighted by Crippen LogP contribution is 2.34. The van der Waals surface area contributed by atoms with E-state index < -0.39 is 24.3 Å². The van der Waals surface area contributed by atoms with Crippen LogP contribution < -0.4 is 10.6 Å². The van der Waals surface area contributed by atoms with E-state index in [1.165, 1.54) is 11.1 Å². The fourth-order valence-corrected chi connectivity index (χ4v) is 7.85. The predicted molar refractivity (Wildman–Crippen MR) is 206 cm³/mol. The molecule has 2 aliphatic rings. The lowest BCUT2D eigenvalue weighted by Gasteiger charge is -2.28. The van der Waals surface area contributed by atoms with E-state index in [9.17, 15) is 29.4 Å². The van der Waals surface area contributed by atoms with Crippen LogP contribution in [0.4, 0.5) is 9.59 Å². The van der Waals surface area contributed by atoms with E-state index in [0.29, 0.717) is 35.9 Å². The van der Waals surface area contributed by atoms with Gasteiger partial charge in [0.25, 0.3) is 11.8 Å². The van der Waals surface area contributed by atoms with Crippen LogP contribution in [0.5, 0.6) is 0 Å². The molecule has 2 fully saturated rings. The minimum Gasteiger partial charge on any atom is -0.465 e. The Bertz CT molecular complexity index is 1970. The van der Waals surface area contributed by atoms with Gasteiger partial charge in [-0.1, -0.05) is 84.9 Å². The molecule has 2 saturated heterocycles. The van der Waals surface area contributed by atoms with E-state index >= 15 is 0 Å². The average Bonchev–Trinajstić information content (AvgIpc) is 4.05. The Labute approximate surface area is 324 Å². The third-order valence-corrected chi connectivity index (χ3v) is 10.7. The molecule has 0 bridgehead atoms. The molecule has 2 unspecified atom stereocenters. The van der Waals surface area contributed by atoms with Crippen LogP contribution in [0, 0.1) is 0 Å². The van der Waals surface area contributed by atoms with E-state index in [-0.39, 0.29) is 23.9 Å². The van der Waals surface area contributed by atoms with Gasteiger partial charge in [0.1, 0.15) is 23.7 Å². The molecule has 4 amide bonds. The number of hydrogen-bond acceptors (Lipinski definition) is 6. The Morgan fingerprint density at radius 1 is 0.607 bits per heavy atom. The number of benzene rings is 3. The molecule has 4 atom stereocenters. The molecule has 14 heteroatoms. The Morgan fingerprint density at radius 3 is 1.38 bits per heavy atom. The summed E-state index contributed by atoms with van der Waals surface area (Å²) in [4.78, 5) is 70.0. The van der Waals surface area contributed by atoms with E-state index in [1.54, 1.807) is 58.3 Å². The maximum Gasteiger partial charge on any atom is 0.405 e. The van der Waals surface area contributed by atoms with Gasteiger partial charge >= 0.3 is 12.2 Å². The van der Waals surface area contributed by atoms with Crippen LogP contribution in [0.1, 0.15) is 95.1 Å². The van der Waals surface area contributed by atoms with Crippen molar-refractivity contribution in [2.75, 3.05) is 13.1 Å². The van der Waals surface area contributed by atoms with Crippen molar-refractivity contribution < 1.29 is 29.4 Å². The minimum atomic E-state index is -1.25. The number of amides is 4. The van der Waals surface area contributed by atoms with Crippen molar-refractivity contribution in [2.45, 2.75) is 75.5 Å². The average molecular weight is 759 g/mol. The van der Waals surface area contributed by atoms with Gasteiger partial charge in [0.2, 0.25) is 0 Å². The molecule has 0 saturated carbocycles. The van der Waals surface area contributed by atoms with Crippen molar-refractivity contribution in [3.05, 3.63) is 143 Å². The summed E-state index contributed by atoms with van der Waals surface area (Å²) in [6.07, 6.45) is 7.35. The SMILES string of the molecule is O=C(O)NC(C(=O)N1CCCC1c1ncc(CCc2ccc(CCc3cnc([C@@H]4CCCN4C(=O)[C@H](NC(=O)O)c4ccccc4)[nH]3)cc2)[nH]1)c1ccccc1. The van der Waals surface area contributed by atoms with E-state index in [0.717, 1.165) is 62.8 Å². The summed E-state index contributed by atoms with van der Waals surface area (Å²) >= 11 is 0. The van der Waals surface area contributed by atoms with Crippen LogP contribution >= 0.6 is 0 Å². The molecule has 5 aromatic rings. The zero-order valence-electron chi connectivity index (χ0n) is 30.9. The van der Waals surface area contributed by atoms with Gasteiger partial charge in [-0.25, -0.2) is 19.6 Å². The molecule has 6 N–H and O–H groups in total. The van der Waals surface area contributed by atoms with Gasteiger partial charge in [-0.3, -0.25) is 9.59 Å². The monoisotopic (exact) mass is 758 g/mol. The van der Waals surface area contributed by atoms with Gasteiger partial charge in [0.05, 0.1) is 12.1 Å². The fraction of sp³-hybridized carbons (Fsp3) is 0.333. The van der Waals surface area contributed by atoms with Crippen molar-refractivity contribution >= 4 is 24.0 Å². The van der Waals surface area contributed by atoms with Gasteiger partial charge in [-0.2, -0.15) is 0 Å². The zero-order valence-corrected chi connectivity index (χ0v) is 30.9. The second-order valence-electron chi connectivity index (χ2n) is 14.4. The molecule has 56 heavy (non-hydrogen) atoms. The van der Waals surface area contributed by atoms with Crippen LogP contribution in [0.3, 0.4) is 0 Å². The first kappa shape index (κ1) is 37.9. The van der Waals surface area contributed by atoms with Crippen LogP contribution in [0.25, 0.3) is 0 Å². The van der Waals surface area contributed by atoms with Crippen molar-refractivity contribution in [3.8, 4) is 0 Å². The largest absolute Gasteiger partial charge is 0.465 e. The normalized spacial score (nSPS) is 17.7. The number of carbonyl (C=O) groups is 4. The standard InChI is InChI=1S/C42H46N8O6/c51-39(35(47-41(53)54)29-9-3-1-4-10-29)49-23-7-13-33(49)37-43-25-31(45-37)21-19-27-15-17-28(18-16-27)20-22-32-26-44-38(46-32)34-14-8-24-50(34)40(52)36(48-42(55)56)30-11-5-2-6-12-30/h1-6,9-12,15-18,25-26,33-36,47-48H,7-8,13-14,19-24H2,(H,43,45)(H,44,46)(H,53,54)(H,55,56)/t33-,34?,35+,36?/m0/s1. The lowest BCUT2D eigenvalue weighted by molar-refractivity contribution is -0.135. The maximum atomic E-state index is 13.6. The number of aromatic amines is 2. The van der Waals surface area contributed by atoms with Gasteiger partial charge < -0.3 is 40.6 Å². The topological polar surface area (TPSA) is 197 Å². The summed E-state index contributed by atoms with van der Waals surface area (Å²) in [5.41, 5.74) is 5.51. The number of hydrogen-bond donors (Lipinski definition) is 6. The Morgan fingerprint density at radius 2 is 1.00 bits per heavy atom. The molecule has 14 nitrogen and oxygen atoms in total. The van der Waals surface area contributed by atoms with Crippen molar-refractivity contribution in [1.82, 2.24) is 40.4 Å². The summed E-state index contributed by atoms with van der Waals surface area (Å²) in [5, 5.41) is 23.7. The summed E-state index contributed by atoms with van der Waals surface area (Å²) in [6, 6.07) is 23.9. The number of rotatable bonds is 14. The Kier molecular flexibility index (Phi) is 11.7. The number of carboxylic acid groups (broad SMARTS) is 2. The van der Waals surface area contributed by atoms with Crippen molar-refractivity contribution in [1.29, 1.82) is 0 Å². The van der Waals surface area contributed by atoms with Gasteiger partial charge in [0, 0.05) is 36.9 Å². The van der Waals surface area contributed by atoms with Crippen LogP contribution in [0.2, 0.25) is 0 Å². The number of aromatic nitrogens is 4. The maximum absolute atomic E-state index is 13.6. The van der Waals surface area contributed by atoms with Crippen LogP contribution in [-0.2, 0) is 35.3 Å². The zero-order chi connectivity index (χ0) is 39.0. The van der Waals surface area contributed by atoms with Gasteiger partial charge in [0.15, 0.2) is 0 Å². The van der Waals surface area contributed by atoms with Crippen molar-refractivity contribution in [2.24, 2.45) is 0 Å². The first-order valence-corrected chi connectivity index (χ1v) is 19.1. The number of carbonyl (C=O) groups excluding carboxylic acids is 2. The number of imidazole rings is 2. The second kappa shape index (κ2) is 17.4. The highest BCUT2D eigenvalue weighted by molar-refractivity contribution is 5.88. The first-order chi connectivity index (χ1) is 27.2. The van der Waals surface area contributed by atoms with Crippen molar-refractivity contribution in [3.63, 3.8) is 0 Å². The van der Waals surface area contributed by atoms with Gasteiger partial charge in [-0.15, -0.1) is 0 Å². The van der Waals surface area contributed by atoms with Gasteiger partial charge in [-0.05, 0) is 73.6 Å². The molecule has 290 valence electrons. The molecule has 2 aromatic heterocycles. The summed E-state index contributed by atoms with van der Waals surface area (Å²) in [6.45, 7) is 1.06. The molecule has 0 radical (unpaired) electrons. The second-order valence-corrected chi connectivity index (χ2v) is 14.4. The summed E-state index contributed by atoms with van der Waals surface area (Å²) in [7, 11) is 0. The molecule has 7 rings (SSSR count). The smallest absolute Gasteiger partial charge is 0.405 e. The molecule has 2 aliphatic heterocycles. The number of aryl methyl sites for hydroxylation is 4. The lowest BCUT2D eigenvalue weighted by Crippen LogP contribution is -2.42. The summed E-state index contributed by atoms with van der Waals surface area (Å²) in [5.74, 6) is 0.848. The predicted octanol–water partition coefficient (Wildman–Crippen LogP) is 6.05. The third kappa shape index (κ3) is 8.91. The lowest BCUT2D eigenvalue weighted by atomic mass is 10.0. The highest BCUT2D eigenvalue weighted by Gasteiger charge is 2.38. The highest BCUT2D eigenvalue weighted by atomic mass is 16.4. The fourth-order valence-electron chi connectivity index (χ4n) is 7.85. The third-order valence-electron chi connectivity index (χ3n) is 10.7.